The summed E-state index contributed by atoms with van der Waals surface area (Å²) in [6, 6.07) is 1.30. The molecule has 1 aromatic heterocycles. The molecule has 1 atom stereocenters. The summed E-state index contributed by atoms with van der Waals surface area (Å²) in [6.45, 7) is 4.35. The minimum absolute atomic E-state index is 0.622. The van der Waals surface area contributed by atoms with Crippen molar-refractivity contribution in [3.05, 3.63) is 11.9 Å². The fourth-order valence-electron chi connectivity index (χ4n) is 3.54. The van der Waals surface area contributed by atoms with Gasteiger partial charge < -0.3 is 14.8 Å². The number of aryl methyl sites for hydroxylation is 1. The Bertz CT molecular complexity index is 420. The molecule has 1 N–H and O–H groups in total. The molecule has 0 spiro atoms. The first-order chi connectivity index (χ1) is 9.28. The Morgan fingerprint density at radius 1 is 1.21 bits per heavy atom. The maximum atomic E-state index is 4.80. The summed E-state index contributed by atoms with van der Waals surface area (Å²) in [7, 11) is 2.06. The molecular weight excluding hydrogens is 236 g/mol. The lowest BCUT2D eigenvalue weighted by Gasteiger charge is -2.27. The van der Waals surface area contributed by atoms with Gasteiger partial charge in [-0.3, -0.25) is 0 Å². The number of rotatable bonds is 3. The Labute approximate surface area is 116 Å². The van der Waals surface area contributed by atoms with Gasteiger partial charge in [-0.25, -0.2) is 4.98 Å². The van der Waals surface area contributed by atoms with E-state index in [2.05, 4.69) is 35.0 Å². The van der Waals surface area contributed by atoms with Gasteiger partial charge in [-0.15, -0.1) is 0 Å². The first-order valence-corrected chi connectivity index (χ1v) is 7.75. The maximum Gasteiger partial charge on any atom is 0.206 e. The topological polar surface area (TPSA) is 33.1 Å². The van der Waals surface area contributed by atoms with Crippen LogP contribution in [0.1, 0.15) is 50.3 Å². The van der Waals surface area contributed by atoms with E-state index in [0.29, 0.717) is 12.1 Å². The van der Waals surface area contributed by atoms with Crippen molar-refractivity contribution in [1.82, 2.24) is 14.9 Å². The second-order valence-electron chi connectivity index (χ2n) is 6.10. The van der Waals surface area contributed by atoms with Crippen LogP contribution in [0.4, 0.5) is 5.95 Å². The lowest BCUT2D eigenvalue weighted by molar-refractivity contribution is 0.353. The van der Waals surface area contributed by atoms with Crippen LogP contribution in [0.2, 0.25) is 0 Å². The van der Waals surface area contributed by atoms with E-state index in [1.807, 2.05) is 0 Å². The van der Waals surface area contributed by atoms with E-state index in [1.54, 1.807) is 0 Å². The van der Waals surface area contributed by atoms with Gasteiger partial charge in [0.25, 0.3) is 0 Å². The van der Waals surface area contributed by atoms with Crippen LogP contribution >= 0.6 is 0 Å². The molecule has 1 unspecified atom stereocenters. The number of nitrogens with zero attached hydrogens (tertiary/aromatic N) is 3. The van der Waals surface area contributed by atoms with Crippen LogP contribution in [0.25, 0.3) is 0 Å². The van der Waals surface area contributed by atoms with Gasteiger partial charge in [-0.2, -0.15) is 0 Å². The highest BCUT2D eigenvalue weighted by Gasteiger charge is 2.27. The molecule has 0 radical (unpaired) electrons. The third kappa shape index (κ3) is 2.64. The zero-order valence-corrected chi connectivity index (χ0v) is 12.2. The zero-order chi connectivity index (χ0) is 13.2. The van der Waals surface area contributed by atoms with E-state index in [0.717, 1.165) is 18.8 Å². The monoisotopic (exact) mass is 262 g/mol. The summed E-state index contributed by atoms with van der Waals surface area (Å²) in [4.78, 5) is 7.26. The van der Waals surface area contributed by atoms with Crippen LogP contribution in [-0.2, 0) is 0 Å². The van der Waals surface area contributed by atoms with Crippen LogP contribution in [-0.4, -0.2) is 35.7 Å². The number of hydrogen-bond donors (Lipinski definition) is 1. The summed E-state index contributed by atoms with van der Waals surface area (Å²) in [5.74, 6) is 1.21. The van der Waals surface area contributed by atoms with Crippen molar-refractivity contribution in [3.8, 4) is 0 Å². The van der Waals surface area contributed by atoms with Gasteiger partial charge in [0, 0.05) is 31.4 Å². The third-order valence-electron chi connectivity index (χ3n) is 4.68. The van der Waals surface area contributed by atoms with Crippen LogP contribution in [0.5, 0.6) is 0 Å². The highest BCUT2D eigenvalue weighted by atomic mass is 15.3. The highest BCUT2D eigenvalue weighted by Crippen LogP contribution is 2.32. The number of likely N-dealkylation sites (N-methyl/N-ethyl adjacent to an activating group) is 1. The molecule has 3 rings (SSSR count). The number of aromatic nitrogens is 2. The minimum atomic E-state index is 0.622. The molecule has 2 aliphatic rings. The van der Waals surface area contributed by atoms with E-state index in [4.69, 9.17) is 4.98 Å². The maximum absolute atomic E-state index is 4.80. The summed E-state index contributed by atoms with van der Waals surface area (Å²) in [6.07, 6.45) is 10.3. The molecule has 1 aliphatic heterocycles. The van der Waals surface area contributed by atoms with Gasteiger partial charge in [0.1, 0.15) is 0 Å². The van der Waals surface area contributed by atoms with E-state index in [9.17, 15) is 0 Å². The van der Waals surface area contributed by atoms with Gasteiger partial charge in [0.05, 0.1) is 5.69 Å². The average molecular weight is 262 g/mol. The SMILES string of the molecule is CNC1CCN(c2nc(C)cn2C2CCCCC2)C1. The molecule has 0 amide bonds. The molecule has 1 saturated heterocycles. The Hall–Kier alpha value is -1.03. The number of hydrogen-bond acceptors (Lipinski definition) is 3. The molecule has 2 fully saturated rings. The van der Waals surface area contributed by atoms with Gasteiger partial charge in [0.15, 0.2) is 0 Å². The summed E-state index contributed by atoms with van der Waals surface area (Å²) in [5, 5.41) is 3.39. The fourth-order valence-corrected chi connectivity index (χ4v) is 3.54. The van der Waals surface area contributed by atoms with Crippen LogP contribution in [0, 0.1) is 6.92 Å². The molecule has 1 aromatic rings. The fraction of sp³-hybridized carbons (Fsp3) is 0.800. The molecule has 0 aromatic carbocycles. The van der Waals surface area contributed by atoms with Crippen molar-refractivity contribution >= 4 is 5.95 Å². The van der Waals surface area contributed by atoms with Crippen molar-refractivity contribution in [1.29, 1.82) is 0 Å². The number of nitrogens with one attached hydrogen (secondary N) is 1. The molecule has 0 bridgehead atoms. The lowest BCUT2D eigenvalue weighted by Crippen LogP contribution is -2.31. The Morgan fingerprint density at radius 2 is 2.00 bits per heavy atom. The predicted molar refractivity (Wildman–Crippen MR) is 78.8 cm³/mol. The lowest BCUT2D eigenvalue weighted by atomic mass is 9.95. The Balaban J connectivity index is 1.80. The smallest absolute Gasteiger partial charge is 0.206 e. The summed E-state index contributed by atoms with van der Waals surface area (Å²) < 4.78 is 2.46. The van der Waals surface area contributed by atoms with E-state index in [-0.39, 0.29) is 0 Å². The van der Waals surface area contributed by atoms with Gasteiger partial charge in [0.2, 0.25) is 5.95 Å². The minimum Gasteiger partial charge on any atom is -0.341 e. The van der Waals surface area contributed by atoms with Crippen LogP contribution < -0.4 is 10.2 Å². The van der Waals surface area contributed by atoms with Gasteiger partial charge in [-0.05, 0) is 33.2 Å². The zero-order valence-electron chi connectivity index (χ0n) is 12.2. The molecule has 106 valence electrons. The molecule has 4 nitrogen and oxygen atoms in total. The van der Waals surface area contributed by atoms with Crippen LogP contribution in [0.3, 0.4) is 0 Å². The molecule has 1 aliphatic carbocycles. The van der Waals surface area contributed by atoms with Gasteiger partial charge >= 0.3 is 0 Å². The standard InChI is InChI=1S/C15H26N4/c1-12-10-19(14-6-4-3-5-7-14)15(17-12)18-9-8-13(11-18)16-2/h10,13-14,16H,3-9,11H2,1-2H3. The van der Waals surface area contributed by atoms with Crippen LogP contribution in [0.15, 0.2) is 6.20 Å². The van der Waals surface area contributed by atoms with E-state index in [1.165, 1.54) is 44.5 Å². The normalized spacial score (nSPS) is 25.2. The summed E-state index contributed by atoms with van der Waals surface area (Å²) in [5.41, 5.74) is 1.16. The van der Waals surface area contributed by atoms with Gasteiger partial charge in [-0.1, -0.05) is 19.3 Å². The first-order valence-electron chi connectivity index (χ1n) is 7.75. The third-order valence-corrected chi connectivity index (χ3v) is 4.68. The molecule has 2 heterocycles. The second kappa shape index (κ2) is 5.53. The first kappa shape index (κ1) is 13.0. The van der Waals surface area contributed by atoms with Crippen molar-refractivity contribution < 1.29 is 0 Å². The summed E-state index contributed by atoms with van der Waals surface area (Å²) >= 11 is 0. The largest absolute Gasteiger partial charge is 0.341 e. The van der Waals surface area contributed by atoms with Crippen molar-refractivity contribution in [2.24, 2.45) is 0 Å². The Kier molecular flexibility index (Phi) is 3.78. The number of anilines is 1. The predicted octanol–water partition coefficient (Wildman–Crippen LogP) is 2.49. The Morgan fingerprint density at radius 3 is 2.68 bits per heavy atom. The molecule has 4 heteroatoms. The quantitative estimate of drug-likeness (QED) is 0.908. The van der Waals surface area contributed by atoms with Crippen molar-refractivity contribution in [2.45, 2.75) is 57.5 Å². The van der Waals surface area contributed by atoms with E-state index < -0.39 is 0 Å². The molecule has 19 heavy (non-hydrogen) atoms. The molecular formula is C15H26N4. The van der Waals surface area contributed by atoms with Crippen molar-refractivity contribution in [2.75, 3.05) is 25.0 Å². The second-order valence-corrected chi connectivity index (χ2v) is 6.10. The van der Waals surface area contributed by atoms with E-state index >= 15 is 0 Å². The number of imidazole rings is 1. The molecule has 1 saturated carbocycles. The van der Waals surface area contributed by atoms with Crippen molar-refractivity contribution in [3.63, 3.8) is 0 Å². The highest BCUT2D eigenvalue weighted by molar-refractivity contribution is 5.36. The average Bonchev–Trinajstić information content (AvgIpc) is 3.05.